The number of anilines is 1. The van der Waals surface area contributed by atoms with Crippen molar-refractivity contribution in [3.05, 3.63) is 11.4 Å². The van der Waals surface area contributed by atoms with Gasteiger partial charge in [0.15, 0.2) is 0 Å². The summed E-state index contributed by atoms with van der Waals surface area (Å²) in [4.78, 5) is 12.1. The molecule has 0 bridgehead atoms. The third-order valence-corrected chi connectivity index (χ3v) is 3.38. The monoisotopic (exact) mass is 282 g/mol. The Kier molecular flexibility index (Phi) is 6.01. The van der Waals surface area contributed by atoms with Crippen LogP contribution in [0.1, 0.15) is 32.2 Å². The van der Waals surface area contributed by atoms with E-state index in [0.29, 0.717) is 24.8 Å². The minimum atomic E-state index is -0.0750. The van der Waals surface area contributed by atoms with Gasteiger partial charge in [-0.2, -0.15) is 5.10 Å². The zero-order valence-electron chi connectivity index (χ0n) is 13.1. The van der Waals surface area contributed by atoms with E-state index in [1.165, 1.54) is 0 Å². The van der Waals surface area contributed by atoms with E-state index in [1.54, 1.807) is 4.68 Å². The molecule has 1 heterocycles. The first kappa shape index (κ1) is 16.5. The van der Waals surface area contributed by atoms with Gasteiger partial charge in [-0.15, -0.1) is 0 Å². The summed E-state index contributed by atoms with van der Waals surface area (Å²) in [6.45, 7) is 11.1. The number of ether oxygens (including phenoxy) is 1. The van der Waals surface area contributed by atoms with Crippen molar-refractivity contribution < 1.29 is 9.53 Å². The van der Waals surface area contributed by atoms with Crippen LogP contribution in [0.3, 0.4) is 0 Å². The van der Waals surface area contributed by atoms with Crippen LogP contribution in [0.15, 0.2) is 0 Å². The van der Waals surface area contributed by atoms with Crippen LogP contribution in [0.25, 0.3) is 0 Å². The quantitative estimate of drug-likeness (QED) is 0.789. The maximum absolute atomic E-state index is 12.1. The number of hydrogen-bond acceptors (Lipinski definition) is 4. The molecule has 0 aliphatic carbocycles. The molecule has 0 aliphatic heterocycles. The van der Waals surface area contributed by atoms with E-state index in [4.69, 9.17) is 10.5 Å². The fourth-order valence-corrected chi connectivity index (χ4v) is 1.90. The Labute approximate surface area is 120 Å². The van der Waals surface area contributed by atoms with E-state index >= 15 is 0 Å². The van der Waals surface area contributed by atoms with Crippen LogP contribution in [0.4, 0.5) is 5.69 Å². The first-order valence-electron chi connectivity index (χ1n) is 7.03. The number of hydrogen-bond donors (Lipinski definition) is 2. The molecule has 0 spiro atoms. The zero-order chi connectivity index (χ0) is 15.3. The lowest BCUT2D eigenvalue weighted by atomic mass is 10.1. The average Bonchev–Trinajstić information content (AvgIpc) is 2.61. The summed E-state index contributed by atoms with van der Waals surface area (Å²) < 4.78 is 7.03. The largest absolute Gasteiger partial charge is 0.396 e. The molecular weight excluding hydrogens is 256 g/mol. The predicted molar refractivity (Wildman–Crippen MR) is 79.4 cm³/mol. The van der Waals surface area contributed by atoms with Crippen LogP contribution in [0, 0.1) is 19.8 Å². The third-order valence-electron chi connectivity index (χ3n) is 3.38. The van der Waals surface area contributed by atoms with E-state index in [0.717, 1.165) is 11.4 Å². The SMILES string of the molecule is CCOCC(NC(=O)Cn1nc(C)c(N)c1C)C(C)C. The summed E-state index contributed by atoms with van der Waals surface area (Å²) in [5.74, 6) is 0.241. The normalized spacial score (nSPS) is 12.7. The number of aryl methyl sites for hydroxylation is 1. The number of nitrogen functional groups attached to an aromatic ring is 1. The lowest BCUT2D eigenvalue weighted by Gasteiger charge is -2.22. The zero-order valence-corrected chi connectivity index (χ0v) is 13.1. The van der Waals surface area contributed by atoms with Crippen molar-refractivity contribution in [3.63, 3.8) is 0 Å². The fourth-order valence-electron chi connectivity index (χ4n) is 1.90. The molecule has 1 aromatic rings. The van der Waals surface area contributed by atoms with Gasteiger partial charge in [-0.25, -0.2) is 0 Å². The van der Waals surface area contributed by atoms with Crippen LogP contribution >= 0.6 is 0 Å². The lowest BCUT2D eigenvalue weighted by Crippen LogP contribution is -2.43. The number of aromatic nitrogens is 2. The Hall–Kier alpha value is -1.56. The standard InChI is InChI=1S/C14H26N4O2/c1-6-20-8-12(9(2)3)16-13(19)7-18-11(5)14(15)10(4)17-18/h9,12H,6-8,15H2,1-5H3,(H,16,19). The van der Waals surface area contributed by atoms with E-state index in [9.17, 15) is 4.79 Å². The smallest absolute Gasteiger partial charge is 0.242 e. The average molecular weight is 282 g/mol. The highest BCUT2D eigenvalue weighted by molar-refractivity contribution is 5.76. The lowest BCUT2D eigenvalue weighted by molar-refractivity contribution is -0.123. The number of nitrogens with zero attached hydrogens (tertiary/aromatic N) is 2. The van der Waals surface area contributed by atoms with Crippen LogP contribution < -0.4 is 11.1 Å². The van der Waals surface area contributed by atoms with Crippen LogP contribution in [-0.2, 0) is 16.1 Å². The third kappa shape index (κ3) is 4.23. The van der Waals surface area contributed by atoms with Gasteiger partial charge >= 0.3 is 0 Å². The molecule has 6 heteroatoms. The highest BCUT2D eigenvalue weighted by atomic mass is 16.5. The Morgan fingerprint density at radius 3 is 2.55 bits per heavy atom. The van der Waals surface area contributed by atoms with E-state index < -0.39 is 0 Å². The van der Waals surface area contributed by atoms with Crippen LogP contribution in [0.2, 0.25) is 0 Å². The molecule has 1 amide bonds. The van der Waals surface area contributed by atoms with Crippen LogP contribution in [0.5, 0.6) is 0 Å². The molecule has 1 rings (SSSR count). The topological polar surface area (TPSA) is 82.2 Å². The van der Waals surface area contributed by atoms with Gasteiger partial charge in [-0.3, -0.25) is 9.48 Å². The minimum absolute atomic E-state index is 0.0109. The van der Waals surface area contributed by atoms with E-state index in [1.807, 2.05) is 20.8 Å². The molecule has 0 aliphatic rings. The number of carbonyl (C=O) groups excluding carboxylic acids is 1. The Balaban J connectivity index is 2.63. The van der Waals surface area contributed by atoms with Crippen molar-refractivity contribution in [1.82, 2.24) is 15.1 Å². The maximum atomic E-state index is 12.1. The maximum Gasteiger partial charge on any atom is 0.242 e. The van der Waals surface area contributed by atoms with Gasteiger partial charge in [0, 0.05) is 6.61 Å². The first-order chi connectivity index (χ1) is 9.36. The van der Waals surface area contributed by atoms with E-state index in [2.05, 4.69) is 24.3 Å². The molecular formula is C14H26N4O2. The molecule has 0 fully saturated rings. The molecule has 6 nitrogen and oxygen atoms in total. The second-order valence-corrected chi connectivity index (χ2v) is 5.32. The first-order valence-corrected chi connectivity index (χ1v) is 7.03. The molecule has 0 aromatic carbocycles. The fraction of sp³-hybridized carbons (Fsp3) is 0.714. The summed E-state index contributed by atoms with van der Waals surface area (Å²) in [5.41, 5.74) is 8.08. The summed E-state index contributed by atoms with van der Waals surface area (Å²) in [6, 6.07) is 0.0109. The number of nitrogens with one attached hydrogen (secondary N) is 1. The van der Waals surface area contributed by atoms with Gasteiger partial charge in [0.25, 0.3) is 0 Å². The second-order valence-electron chi connectivity index (χ2n) is 5.32. The Morgan fingerprint density at radius 1 is 1.45 bits per heavy atom. The van der Waals surface area contributed by atoms with Gasteiger partial charge in [-0.1, -0.05) is 13.8 Å². The summed E-state index contributed by atoms with van der Waals surface area (Å²) >= 11 is 0. The molecule has 0 saturated carbocycles. The van der Waals surface area contributed by atoms with Gasteiger partial charge in [0.2, 0.25) is 5.91 Å². The summed E-state index contributed by atoms with van der Waals surface area (Å²) in [6.07, 6.45) is 0. The second kappa shape index (κ2) is 7.28. The number of amides is 1. The molecule has 20 heavy (non-hydrogen) atoms. The van der Waals surface area contributed by atoms with Crippen molar-refractivity contribution >= 4 is 11.6 Å². The van der Waals surface area contributed by atoms with Crippen molar-refractivity contribution in [2.45, 2.75) is 47.2 Å². The molecule has 114 valence electrons. The number of nitrogens with two attached hydrogens (primary N) is 1. The predicted octanol–water partition coefficient (Wildman–Crippen LogP) is 1.26. The highest BCUT2D eigenvalue weighted by Crippen LogP contribution is 2.14. The van der Waals surface area contributed by atoms with Crippen LogP contribution in [-0.4, -0.2) is 34.9 Å². The molecule has 0 saturated heterocycles. The van der Waals surface area contributed by atoms with Gasteiger partial charge < -0.3 is 15.8 Å². The molecule has 1 aromatic heterocycles. The molecule has 3 N–H and O–H groups in total. The Morgan fingerprint density at radius 2 is 2.10 bits per heavy atom. The van der Waals surface area contributed by atoms with E-state index in [-0.39, 0.29) is 18.5 Å². The Bertz CT molecular complexity index is 454. The van der Waals surface area contributed by atoms with Crippen molar-refractivity contribution in [2.24, 2.45) is 5.92 Å². The highest BCUT2D eigenvalue weighted by Gasteiger charge is 2.18. The van der Waals surface area contributed by atoms with Gasteiger partial charge in [0.05, 0.1) is 29.7 Å². The molecule has 0 radical (unpaired) electrons. The number of carbonyl (C=O) groups is 1. The van der Waals surface area contributed by atoms with Crippen molar-refractivity contribution in [3.8, 4) is 0 Å². The molecule has 1 unspecified atom stereocenters. The minimum Gasteiger partial charge on any atom is -0.396 e. The number of rotatable bonds is 7. The van der Waals surface area contributed by atoms with Gasteiger partial charge in [0.1, 0.15) is 6.54 Å². The summed E-state index contributed by atoms with van der Waals surface area (Å²) in [5, 5.41) is 7.25. The summed E-state index contributed by atoms with van der Waals surface area (Å²) in [7, 11) is 0. The van der Waals surface area contributed by atoms with Crippen molar-refractivity contribution in [2.75, 3.05) is 18.9 Å². The molecule has 1 atom stereocenters. The van der Waals surface area contributed by atoms with Gasteiger partial charge in [-0.05, 0) is 26.7 Å². The van der Waals surface area contributed by atoms with Crippen molar-refractivity contribution in [1.29, 1.82) is 0 Å².